The summed E-state index contributed by atoms with van der Waals surface area (Å²) in [4.78, 5) is 14.5. The first-order valence-corrected chi connectivity index (χ1v) is 5.56. The van der Waals surface area contributed by atoms with Gasteiger partial charge in [-0.05, 0) is 17.9 Å². The summed E-state index contributed by atoms with van der Waals surface area (Å²) in [6.07, 6.45) is 0.688. The summed E-state index contributed by atoms with van der Waals surface area (Å²) < 4.78 is 0. The van der Waals surface area contributed by atoms with E-state index in [-0.39, 0.29) is 24.4 Å². The second-order valence-corrected chi connectivity index (χ2v) is 4.32. The average molecular weight is 249 g/mol. The van der Waals surface area contributed by atoms with E-state index in [9.17, 15) is 4.79 Å². The van der Waals surface area contributed by atoms with Gasteiger partial charge in [0.2, 0.25) is 5.91 Å². The molecule has 0 aliphatic rings. The van der Waals surface area contributed by atoms with Crippen LogP contribution in [0.1, 0.15) is 18.2 Å². The van der Waals surface area contributed by atoms with E-state index < -0.39 is 0 Å². The number of carbonyl (C=O) groups is 1. The van der Waals surface area contributed by atoms with Crippen molar-refractivity contribution in [3.05, 3.63) is 22.4 Å². The highest BCUT2D eigenvalue weighted by atomic mass is 35.5. The predicted octanol–water partition coefficient (Wildman–Crippen LogP) is 1.87. The molecule has 15 heavy (non-hydrogen) atoms. The lowest BCUT2D eigenvalue weighted by atomic mass is 10.2. The van der Waals surface area contributed by atoms with Crippen LogP contribution in [0, 0.1) is 0 Å². The Morgan fingerprint density at radius 1 is 1.67 bits per heavy atom. The molecular formula is C10H17ClN2OS. The molecule has 1 unspecified atom stereocenters. The molecule has 0 aliphatic carbocycles. The van der Waals surface area contributed by atoms with Gasteiger partial charge in [-0.2, -0.15) is 0 Å². The summed E-state index contributed by atoms with van der Waals surface area (Å²) in [5, 5.41) is 2.01. The van der Waals surface area contributed by atoms with E-state index in [1.807, 2.05) is 24.4 Å². The molecular weight excluding hydrogens is 232 g/mol. The molecule has 3 nitrogen and oxygen atoms in total. The maximum atomic E-state index is 11.6. The third-order valence-corrected chi connectivity index (χ3v) is 2.97. The molecule has 0 bridgehead atoms. The molecule has 1 atom stereocenters. The fourth-order valence-corrected chi connectivity index (χ4v) is 1.93. The smallest absolute Gasteiger partial charge is 0.239 e. The minimum atomic E-state index is -0.361. The van der Waals surface area contributed by atoms with Gasteiger partial charge in [0.05, 0.1) is 12.6 Å². The van der Waals surface area contributed by atoms with E-state index in [0.717, 1.165) is 0 Å². The first-order chi connectivity index (χ1) is 6.65. The van der Waals surface area contributed by atoms with E-state index in [1.165, 1.54) is 4.88 Å². The summed E-state index contributed by atoms with van der Waals surface area (Å²) >= 11 is 1.65. The van der Waals surface area contributed by atoms with Crippen molar-refractivity contribution in [3.63, 3.8) is 0 Å². The zero-order valence-electron chi connectivity index (χ0n) is 8.97. The number of thiophene rings is 1. The maximum absolute atomic E-state index is 11.6. The van der Waals surface area contributed by atoms with Crippen molar-refractivity contribution >= 4 is 29.7 Å². The van der Waals surface area contributed by atoms with E-state index >= 15 is 0 Å². The predicted molar refractivity (Wildman–Crippen MR) is 66.3 cm³/mol. The number of amides is 1. The molecule has 1 rings (SSSR count). The van der Waals surface area contributed by atoms with Gasteiger partial charge in [0, 0.05) is 11.9 Å². The zero-order valence-corrected chi connectivity index (χ0v) is 10.6. The van der Waals surface area contributed by atoms with Crippen LogP contribution in [-0.2, 0) is 11.3 Å². The molecule has 0 fully saturated rings. The first kappa shape index (κ1) is 14.4. The van der Waals surface area contributed by atoms with E-state index in [4.69, 9.17) is 5.73 Å². The summed E-state index contributed by atoms with van der Waals surface area (Å²) in [6.45, 7) is 2.58. The van der Waals surface area contributed by atoms with Crippen molar-refractivity contribution in [3.8, 4) is 0 Å². The van der Waals surface area contributed by atoms with Crippen LogP contribution in [0.4, 0.5) is 0 Å². The van der Waals surface area contributed by atoms with Gasteiger partial charge in [-0.25, -0.2) is 0 Å². The Morgan fingerprint density at radius 2 is 2.33 bits per heavy atom. The van der Waals surface area contributed by atoms with E-state index in [2.05, 4.69) is 0 Å². The standard InChI is InChI=1S/C10H16N2OS.ClH/c1-3-9(11)10(13)12(2)7-8-5-4-6-14-8;/h4-6,9H,3,7,11H2,1-2H3;1H. The lowest BCUT2D eigenvalue weighted by molar-refractivity contribution is -0.131. The lowest BCUT2D eigenvalue weighted by Crippen LogP contribution is -2.40. The van der Waals surface area contributed by atoms with Gasteiger partial charge in [0.25, 0.3) is 0 Å². The normalized spacial score (nSPS) is 11.7. The van der Waals surface area contributed by atoms with Gasteiger partial charge in [0.15, 0.2) is 0 Å². The van der Waals surface area contributed by atoms with Crippen LogP contribution in [0.3, 0.4) is 0 Å². The van der Waals surface area contributed by atoms with Gasteiger partial charge in [-0.1, -0.05) is 13.0 Å². The molecule has 86 valence electrons. The van der Waals surface area contributed by atoms with Crippen LogP contribution in [0.15, 0.2) is 17.5 Å². The molecule has 0 saturated carbocycles. The average Bonchev–Trinajstić information content (AvgIpc) is 2.68. The van der Waals surface area contributed by atoms with Crippen molar-refractivity contribution in [1.82, 2.24) is 4.90 Å². The number of hydrogen-bond donors (Lipinski definition) is 1. The molecule has 0 saturated heterocycles. The zero-order chi connectivity index (χ0) is 10.6. The summed E-state index contributed by atoms with van der Waals surface area (Å²) in [5.41, 5.74) is 5.66. The minimum Gasteiger partial charge on any atom is -0.339 e. The van der Waals surface area contributed by atoms with Crippen molar-refractivity contribution < 1.29 is 4.79 Å². The Morgan fingerprint density at radius 3 is 2.80 bits per heavy atom. The quantitative estimate of drug-likeness (QED) is 0.884. The van der Waals surface area contributed by atoms with Gasteiger partial charge >= 0.3 is 0 Å². The number of halogens is 1. The van der Waals surface area contributed by atoms with E-state index in [1.54, 1.807) is 23.3 Å². The van der Waals surface area contributed by atoms with Crippen molar-refractivity contribution in [2.45, 2.75) is 25.9 Å². The Hall–Kier alpha value is -0.580. The largest absolute Gasteiger partial charge is 0.339 e. The fraction of sp³-hybridized carbons (Fsp3) is 0.500. The number of carbonyl (C=O) groups excluding carboxylic acids is 1. The summed E-state index contributed by atoms with van der Waals surface area (Å²) in [5.74, 6) is 0.0147. The minimum absolute atomic E-state index is 0. The summed E-state index contributed by atoms with van der Waals surface area (Å²) in [6, 6.07) is 3.64. The van der Waals surface area contributed by atoms with Crippen LogP contribution in [0.5, 0.6) is 0 Å². The number of hydrogen-bond acceptors (Lipinski definition) is 3. The monoisotopic (exact) mass is 248 g/mol. The van der Waals surface area contributed by atoms with E-state index in [0.29, 0.717) is 13.0 Å². The third kappa shape index (κ3) is 4.20. The van der Waals surface area contributed by atoms with Crippen LogP contribution in [0.25, 0.3) is 0 Å². The molecule has 0 aromatic carbocycles. The molecule has 2 N–H and O–H groups in total. The Bertz CT molecular complexity index is 290. The summed E-state index contributed by atoms with van der Waals surface area (Å²) in [7, 11) is 1.79. The van der Waals surface area contributed by atoms with Crippen LogP contribution >= 0.6 is 23.7 Å². The molecule has 1 aromatic heterocycles. The number of nitrogens with zero attached hydrogens (tertiary/aromatic N) is 1. The number of rotatable bonds is 4. The second kappa shape index (κ2) is 6.82. The molecule has 0 radical (unpaired) electrons. The molecule has 0 aliphatic heterocycles. The van der Waals surface area contributed by atoms with Gasteiger partial charge in [0.1, 0.15) is 0 Å². The highest BCUT2D eigenvalue weighted by Crippen LogP contribution is 2.11. The first-order valence-electron chi connectivity index (χ1n) is 4.68. The SMILES string of the molecule is CCC(N)C(=O)N(C)Cc1cccs1.Cl. The highest BCUT2D eigenvalue weighted by molar-refractivity contribution is 7.09. The highest BCUT2D eigenvalue weighted by Gasteiger charge is 2.16. The fourth-order valence-electron chi connectivity index (χ4n) is 1.17. The second-order valence-electron chi connectivity index (χ2n) is 3.29. The Kier molecular flexibility index (Phi) is 6.56. The van der Waals surface area contributed by atoms with Crippen LogP contribution in [-0.4, -0.2) is 23.9 Å². The molecule has 0 spiro atoms. The van der Waals surface area contributed by atoms with Gasteiger partial charge < -0.3 is 10.6 Å². The topological polar surface area (TPSA) is 46.3 Å². The van der Waals surface area contributed by atoms with Gasteiger partial charge in [-0.15, -0.1) is 23.7 Å². The van der Waals surface area contributed by atoms with Crippen molar-refractivity contribution in [2.75, 3.05) is 7.05 Å². The van der Waals surface area contributed by atoms with Crippen molar-refractivity contribution in [2.24, 2.45) is 5.73 Å². The molecule has 1 heterocycles. The Balaban J connectivity index is 0.00000196. The Labute approximate surface area is 101 Å². The maximum Gasteiger partial charge on any atom is 0.239 e. The molecule has 5 heteroatoms. The number of nitrogens with two attached hydrogens (primary N) is 1. The van der Waals surface area contributed by atoms with Gasteiger partial charge in [-0.3, -0.25) is 4.79 Å². The van der Waals surface area contributed by atoms with Crippen LogP contribution < -0.4 is 5.73 Å². The lowest BCUT2D eigenvalue weighted by Gasteiger charge is -2.19. The van der Waals surface area contributed by atoms with Crippen molar-refractivity contribution in [1.29, 1.82) is 0 Å². The molecule has 1 aromatic rings. The number of likely N-dealkylation sites (N-methyl/N-ethyl adjacent to an activating group) is 1. The molecule has 1 amide bonds. The van der Waals surface area contributed by atoms with Crippen LogP contribution in [0.2, 0.25) is 0 Å². The third-order valence-electron chi connectivity index (χ3n) is 2.11.